The lowest BCUT2D eigenvalue weighted by Crippen LogP contribution is -2.05. The van der Waals surface area contributed by atoms with Crippen LogP contribution in [0.25, 0.3) is 0 Å². The van der Waals surface area contributed by atoms with Gasteiger partial charge in [-0.25, -0.2) is 0 Å². The molecule has 0 aliphatic heterocycles. The summed E-state index contributed by atoms with van der Waals surface area (Å²) in [4.78, 5) is 0. The van der Waals surface area contributed by atoms with Crippen molar-refractivity contribution in [1.29, 1.82) is 0 Å². The van der Waals surface area contributed by atoms with Crippen molar-refractivity contribution in [3.8, 4) is 0 Å². The van der Waals surface area contributed by atoms with E-state index >= 15 is 0 Å². The van der Waals surface area contributed by atoms with Crippen LogP contribution in [0.2, 0.25) is 0 Å². The summed E-state index contributed by atoms with van der Waals surface area (Å²) in [5, 5.41) is 0. The van der Waals surface area contributed by atoms with Gasteiger partial charge in [-0.3, -0.25) is 0 Å². The lowest BCUT2D eigenvalue weighted by molar-refractivity contribution is 0.279. The highest BCUT2D eigenvalue weighted by Gasteiger charge is 2.04. The molecule has 0 saturated carbocycles. The highest BCUT2D eigenvalue weighted by atomic mass is 32.3. The minimum absolute atomic E-state index is 0.380. The lowest BCUT2D eigenvalue weighted by atomic mass is 10.5. The van der Waals surface area contributed by atoms with Crippen molar-refractivity contribution in [2.24, 2.45) is 0 Å². The first kappa shape index (κ1) is 8.31. The van der Waals surface area contributed by atoms with E-state index in [1.54, 1.807) is 0 Å². The molecule has 0 aromatic carbocycles. The molecule has 0 bridgehead atoms. The zero-order chi connectivity index (χ0) is 6.78. The fraction of sp³-hybridized carbons (Fsp3) is 1.00. The molecule has 0 atom stereocenters. The van der Waals surface area contributed by atoms with Crippen molar-refractivity contribution >= 4 is 10.3 Å². The summed E-state index contributed by atoms with van der Waals surface area (Å²) >= 11 is 0. The van der Waals surface area contributed by atoms with Crippen LogP contribution in [0.4, 0.5) is 0 Å². The molecule has 0 N–H and O–H groups in total. The second-order valence-corrected chi connectivity index (χ2v) is 6.51. The molecule has 8 heavy (non-hydrogen) atoms. The number of rotatable bonds is 2. The van der Waals surface area contributed by atoms with Crippen LogP contribution in [-0.4, -0.2) is 24.9 Å². The zero-order valence-corrected chi connectivity index (χ0v) is 7.21. The summed E-state index contributed by atoms with van der Waals surface area (Å²) in [6, 6.07) is 0. The lowest BCUT2D eigenvalue weighted by Gasteiger charge is -2.27. The summed E-state index contributed by atoms with van der Waals surface area (Å²) in [6.45, 7) is 4.14. The Morgan fingerprint density at radius 2 is 1.50 bits per heavy atom. The first-order valence-corrected chi connectivity index (χ1v) is 5.56. The van der Waals surface area contributed by atoms with Crippen LogP contribution in [0.15, 0.2) is 0 Å². The molecule has 0 aromatic heterocycles. The highest BCUT2D eigenvalue weighted by Crippen LogP contribution is 2.37. The van der Waals surface area contributed by atoms with E-state index in [0.29, 0.717) is 6.10 Å². The van der Waals surface area contributed by atoms with Gasteiger partial charge in [0.1, 0.15) is 0 Å². The Labute approximate surface area is 53.9 Å². The fourth-order valence-corrected chi connectivity index (χ4v) is 1.73. The minimum Gasteiger partial charge on any atom is -0.335 e. The molecule has 0 amide bonds. The molecule has 0 rings (SSSR count). The maximum atomic E-state index is 5.52. The van der Waals surface area contributed by atoms with Gasteiger partial charge in [-0.15, -0.1) is 10.3 Å². The molecule has 52 valence electrons. The maximum absolute atomic E-state index is 5.52. The Morgan fingerprint density at radius 1 is 1.12 bits per heavy atom. The van der Waals surface area contributed by atoms with Gasteiger partial charge in [0.15, 0.2) is 0 Å². The molecule has 0 aliphatic carbocycles. The Hall–Kier alpha value is 0.310. The normalized spacial score (nSPS) is 14.8. The first-order valence-electron chi connectivity index (χ1n) is 2.78. The largest absolute Gasteiger partial charge is 0.335 e. The van der Waals surface area contributed by atoms with E-state index in [2.05, 4.69) is 32.6 Å². The van der Waals surface area contributed by atoms with E-state index in [4.69, 9.17) is 4.18 Å². The van der Waals surface area contributed by atoms with E-state index in [0.717, 1.165) is 0 Å². The molecule has 0 saturated heterocycles. The molecule has 0 radical (unpaired) electrons. The molecular weight excluding hydrogens is 120 g/mol. The predicted molar refractivity (Wildman–Crippen MR) is 41.6 cm³/mol. The van der Waals surface area contributed by atoms with Crippen molar-refractivity contribution in [3.63, 3.8) is 0 Å². The van der Waals surface area contributed by atoms with Gasteiger partial charge in [-0.1, -0.05) is 0 Å². The maximum Gasteiger partial charge on any atom is 0.0644 e. The third-order valence-corrected chi connectivity index (χ3v) is 1.44. The topological polar surface area (TPSA) is 9.23 Å². The summed E-state index contributed by atoms with van der Waals surface area (Å²) in [5.74, 6) is 0. The number of hydrogen-bond acceptors (Lipinski definition) is 1. The molecule has 0 heterocycles. The van der Waals surface area contributed by atoms with Crippen molar-refractivity contribution in [1.82, 2.24) is 0 Å². The third-order valence-electron chi connectivity index (χ3n) is 0.481. The molecule has 0 unspecified atom stereocenters. The monoisotopic (exact) mass is 136 g/mol. The van der Waals surface area contributed by atoms with Gasteiger partial charge in [0.2, 0.25) is 0 Å². The molecule has 0 aromatic rings. The van der Waals surface area contributed by atoms with Gasteiger partial charge >= 0.3 is 0 Å². The highest BCUT2D eigenvalue weighted by molar-refractivity contribution is 8.28. The SMILES string of the molecule is CC(C)OS(C)(C)C. The Bertz CT molecular complexity index is 63.4. The molecule has 0 fully saturated rings. The zero-order valence-electron chi connectivity index (χ0n) is 6.39. The summed E-state index contributed by atoms with van der Waals surface area (Å²) in [7, 11) is -0.723. The fourth-order valence-electron chi connectivity index (χ4n) is 0.577. The summed E-state index contributed by atoms with van der Waals surface area (Å²) < 4.78 is 5.52. The van der Waals surface area contributed by atoms with E-state index < -0.39 is 10.3 Å². The Morgan fingerprint density at radius 3 is 1.50 bits per heavy atom. The van der Waals surface area contributed by atoms with Crippen LogP contribution in [0, 0.1) is 0 Å². The quantitative estimate of drug-likeness (QED) is 0.564. The van der Waals surface area contributed by atoms with Gasteiger partial charge in [-0.05, 0) is 32.6 Å². The first-order chi connectivity index (χ1) is 3.42. The van der Waals surface area contributed by atoms with Crippen LogP contribution in [-0.2, 0) is 4.18 Å². The molecule has 0 spiro atoms. The molecule has 2 heteroatoms. The summed E-state index contributed by atoms with van der Waals surface area (Å²) in [6.07, 6.45) is 6.82. The minimum atomic E-state index is -0.723. The second-order valence-electron chi connectivity index (χ2n) is 2.87. The van der Waals surface area contributed by atoms with Gasteiger partial charge in [-0.2, -0.15) is 0 Å². The molecular formula is C6H16OS. The third kappa shape index (κ3) is 6.31. The van der Waals surface area contributed by atoms with E-state index in [-0.39, 0.29) is 0 Å². The Balaban J connectivity index is 3.39. The predicted octanol–water partition coefficient (Wildman–Crippen LogP) is 2.02. The second kappa shape index (κ2) is 2.74. The number of hydrogen-bond donors (Lipinski definition) is 0. The van der Waals surface area contributed by atoms with Crippen LogP contribution in [0.3, 0.4) is 0 Å². The van der Waals surface area contributed by atoms with Crippen LogP contribution >= 0.6 is 10.3 Å². The van der Waals surface area contributed by atoms with Gasteiger partial charge in [0.25, 0.3) is 0 Å². The van der Waals surface area contributed by atoms with Gasteiger partial charge < -0.3 is 4.18 Å². The molecule has 0 aliphatic rings. The molecule has 1 nitrogen and oxygen atoms in total. The average Bonchev–Trinajstić information content (AvgIpc) is 1.21. The summed E-state index contributed by atoms with van der Waals surface area (Å²) in [5.41, 5.74) is 0. The van der Waals surface area contributed by atoms with Crippen LogP contribution in [0.1, 0.15) is 13.8 Å². The average molecular weight is 136 g/mol. The van der Waals surface area contributed by atoms with E-state index in [1.165, 1.54) is 0 Å². The van der Waals surface area contributed by atoms with Gasteiger partial charge in [0.05, 0.1) is 6.10 Å². The smallest absolute Gasteiger partial charge is 0.0644 e. The van der Waals surface area contributed by atoms with E-state index in [1.807, 2.05) is 0 Å². The van der Waals surface area contributed by atoms with Crippen LogP contribution in [0.5, 0.6) is 0 Å². The van der Waals surface area contributed by atoms with Crippen molar-refractivity contribution in [3.05, 3.63) is 0 Å². The van der Waals surface area contributed by atoms with Crippen LogP contribution < -0.4 is 0 Å². The van der Waals surface area contributed by atoms with Crippen molar-refractivity contribution < 1.29 is 4.18 Å². The van der Waals surface area contributed by atoms with Crippen molar-refractivity contribution in [2.75, 3.05) is 18.8 Å². The Kier molecular flexibility index (Phi) is 2.84. The van der Waals surface area contributed by atoms with Crippen molar-refractivity contribution in [2.45, 2.75) is 20.0 Å². The standard InChI is InChI=1S/C6H16OS/c1-6(2)7-8(3,4)5/h6H,1-5H3. The van der Waals surface area contributed by atoms with E-state index in [9.17, 15) is 0 Å². The van der Waals surface area contributed by atoms with Gasteiger partial charge in [0, 0.05) is 0 Å².